The van der Waals surface area contributed by atoms with Gasteiger partial charge in [0.25, 0.3) is 0 Å². The van der Waals surface area contributed by atoms with E-state index in [-0.39, 0.29) is 0 Å². The second-order valence-electron chi connectivity index (χ2n) is 3.77. The first-order valence-corrected chi connectivity index (χ1v) is 5.59. The van der Waals surface area contributed by atoms with E-state index in [1.54, 1.807) is 0 Å². The van der Waals surface area contributed by atoms with Gasteiger partial charge in [-0.25, -0.2) is 0 Å². The topological polar surface area (TPSA) is 24.9 Å². The average molecular weight is 212 g/mol. The van der Waals surface area contributed by atoms with E-state index in [1.807, 2.05) is 18.5 Å². The van der Waals surface area contributed by atoms with Crippen LogP contribution in [0.4, 0.5) is 0 Å². The van der Waals surface area contributed by atoms with Crippen molar-refractivity contribution in [3.8, 4) is 0 Å². The van der Waals surface area contributed by atoms with E-state index in [4.69, 9.17) is 0 Å². The van der Waals surface area contributed by atoms with Gasteiger partial charge < -0.3 is 5.32 Å². The quantitative estimate of drug-likeness (QED) is 0.770. The summed E-state index contributed by atoms with van der Waals surface area (Å²) >= 11 is 0. The molecule has 1 aromatic heterocycles. The lowest BCUT2D eigenvalue weighted by Gasteiger charge is -2.04. The third-order valence-electron chi connectivity index (χ3n) is 2.51. The maximum atomic E-state index is 4.00. The monoisotopic (exact) mass is 212 g/mol. The maximum absolute atomic E-state index is 4.00. The van der Waals surface area contributed by atoms with Crippen LogP contribution in [0, 0.1) is 0 Å². The average Bonchev–Trinajstić information content (AvgIpc) is 2.37. The molecule has 0 saturated carbocycles. The minimum absolute atomic E-state index is 0.936. The molecule has 0 saturated heterocycles. The van der Waals surface area contributed by atoms with E-state index >= 15 is 0 Å². The lowest BCUT2D eigenvalue weighted by Crippen LogP contribution is -2.16. The van der Waals surface area contributed by atoms with Crippen molar-refractivity contribution in [1.82, 2.24) is 10.3 Å². The van der Waals surface area contributed by atoms with Gasteiger partial charge in [-0.1, -0.05) is 30.3 Å². The minimum atomic E-state index is 0.936. The number of rotatable bonds is 5. The molecule has 0 aliphatic heterocycles. The molecule has 0 aliphatic carbocycles. The fourth-order valence-electron chi connectivity index (χ4n) is 1.61. The lowest BCUT2D eigenvalue weighted by atomic mass is 10.2. The molecular formula is C14H16N2. The minimum Gasteiger partial charge on any atom is -0.312 e. The normalized spacial score (nSPS) is 10.2. The van der Waals surface area contributed by atoms with Gasteiger partial charge in [-0.3, -0.25) is 4.98 Å². The van der Waals surface area contributed by atoms with E-state index in [1.165, 1.54) is 11.1 Å². The molecule has 1 N–H and O–H groups in total. The zero-order chi connectivity index (χ0) is 11.1. The summed E-state index contributed by atoms with van der Waals surface area (Å²) in [6.45, 7) is 1.94. The third kappa shape index (κ3) is 3.48. The molecule has 2 rings (SSSR count). The highest BCUT2D eigenvalue weighted by atomic mass is 14.8. The number of aromatic nitrogens is 1. The fourth-order valence-corrected chi connectivity index (χ4v) is 1.61. The largest absolute Gasteiger partial charge is 0.312 e. The molecule has 2 heteroatoms. The Bertz CT molecular complexity index is 356. The van der Waals surface area contributed by atoms with Crippen molar-refractivity contribution in [3.63, 3.8) is 0 Å². The third-order valence-corrected chi connectivity index (χ3v) is 2.51. The smallest absolute Gasteiger partial charge is 0.0270 e. The highest BCUT2D eigenvalue weighted by Crippen LogP contribution is 1.99. The number of hydrogen-bond acceptors (Lipinski definition) is 2. The summed E-state index contributed by atoms with van der Waals surface area (Å²) in [6, 6.07) is 14.6. The Kier molecular flexibility index (Phi) is 4.08. The summed E-state index contributed by atoms with van der Waals surface area (Å²) in [7, 11) is 0. The van der Waals surface area contributed by atoms with Gasteiger partial charge in [-0.15, -0.1) is 0 Å². The molecule has 0 amide bonds. The predicted octanol–water partition coefficient (Wildman–Crippen LogP) is 2.41. The second kappa shape index (κ2) is 6.03. The fraction of sp³-hybridized carbons (Fsp3) is 0.214. The Morgan fingerprint density at radius 2 is 1.62 bits per heavy atom. The summed E-state index contributed by atoms with van der Waals surface area (Å²) in [6.07, 6.45) is 4.73. The molecule has 0 fully saturated rings. The van der Waals surface area contributed by atoms with Crippen LogP contribution in [0.5, 0.6) is 0 Å². The molecule has 2 aromatic rings. The zero-order valence-corrected chi connectivity index (χ0v) is 9.26. The lowest BCUT2D eigenvalue weighted by molar-refractivity contribution is 0.686. The second-order valence-corrected chi connectivity index (χ2v) is 3.77. The van der Waals surface area contributed by atoms with Gasteiger partial charge in [-0.05, 0) is 36.2 Å². The standard InChI is InChI=1S/C14H16N2/c1-2-4-14(5-3-1)12-16-11-8-13-6-9-15-10-7-13/h1-7,9-10,16H,8,11-12H2. The van der Waals surface area contributed by atoms with Gasteiger partial charge in [0, 0.05) is 18.9 Å². The Morgan fingerprint density at radius 1 is 0.875 bits per heavy atom. The molecule has 16 heavy (non-hydrogen) atoms. The van der Waals surface area contributed by atoms with Crippen LogP contribution in [0.25, 0.3) is 0 Å². The molecule has 1 heterocycles. The number of hydrogen-bond donors (Lipinski definition) is 1. The molecule has 0 bridgehead atoms. The molecule has 1 aromatic carbocycles. The van der Waals surface area contributed by atoms with Crippen molar-refractivity contribution < 1.29 is 0 Å². The molecule has 0 aliphatic rings. The van der Waals surface area contributed by atoms with Crippen LogP contribution in [-0.4, -0.2) is 11.5 Å². The SMILES string of the molecule is c1ccc(CNCCc2ccncc2)cc1. The van der Waals surface area contributed by atoms with Crippen LogP contribution < -0.4 is 5.32 Å². The Balaban J connectivity index is 1.70. The first-order chi connectivity index (χ1) is 7.95. The Labute approximate surface area is 96.4 Å². The van der Waals surface area contributed by atoms with Crippen molar-refractivity contribution in [3.05, 3.63) is 66.0 Å². The highest BCUT2D eigenvalue weighted by molar-refractivity contribution is 5.14. The van der Waals surface area contributed by atoms with Crippen LogP contribution >= 0.6 is 0 Å². The predicted molar refractivity (Wildman–Crippen MR) is 66.1 cm³/mol. The number of benzene rings is 1. The first-order valence-electron chi connectivity index (χ1n) is 5.59. The Hall–Kier alpha value is -1.67. The Morgan fingerprint density at radius 3 is 2.38 bits per heavy atom. The summed E-state index contributed by atoms with van der Waals surface area (Å²) in [4.78, 5) is 4.00. The van der Waals surface area contributed by atoms with Gasteiger partial charge >= 0.3 is 0 Å². The molecule has 0 atom stereocenters. The molecule has 0 spiro atoms. The van der Waals surface area contributed by atoms with E-state index in [0.717, 1.165) is 19.5 Å². The summed E-state index contributed by atoms with van der Waals surface area (Å²) in [5, 5.41) is 3.43. The van der Waals surface area contributed by atoms with E-state index in [9.17, 15) is 0 Å². The number of nitrogens with one attached hydrogen (secondary N) is 1. The summed E-state index contributed by atoms with van der Waals surface area (Å²) in [5.74, 6) is 0. The summed E-state index contributed by atoms with van der Waals surface area (Å²) < 4.78 is 0. The van der Waals surface area contributed by atoms with E-state index < -0.39 is 0 Å². The van der Waals surface area contributed by atoms with Gasteiger partial charge in [0.1, 0.15) is 0 Å². The highest BCUT2D eigenvalue weighted by Gasteiger charge is 1.92. The molecule has 2 nitrogen and oxygen atoms in total. The van der Waals surface area contributed by atoms with Crippen molar-refractivity contribution in [2.45, 2.75) is 13.0 Å². The number of nitrogens with zero attached hydrogens (tertiary/aromatic N) is 1. The van der Waals surface area contributed by atoms with Gasteiger partial charge in [0.15, 0.2) is 0 Å². The van der Waals surface area contributed by atoms with Gasteiger partial charge in [0.05, 0.1) is 0 Å². The van der Waals surface area contributed by atoms with Crippen molar-refractivity contribution in [2.24, 2.45) is 0 Å². The van der Waals surface area contributed by atoms with Crippen LogP contribution in [0.3, 0.4) is 0 Å². The van der Waals surface area contributed by atoms with E-state index in [2.05, 4.69) is 46.7 Å². The van der Waals surface area contributed by atoms with Crippen LogP contribution in [0.2, 0.25) is 0 Å². The zero-order valence-electron chi connectivity index (χ0n) is 9.26. The van der Waals surface area contributed by atoms with Crippen molar-refractivity contribution in [2.75, 3.05) is 6.54 Å². The van der Waals surface area contributed by atoms with Crippen molar-refractivity contribution in [1.29, 1.82) is 0 Å². The van der Waals surface area contributed by atoms with Crippen LogP contribution in [0.15, 0.2) is 54.9 Å². The van der Waals surface area contributed by atoms with Gasteiger partial charge in [0.2, 0.25) is 0 Å². The van der Waals surface area contributed by atoms with E-state index in [0.29, 0.717) is 0 Å². The molecular weight excluding hydrogens is 196 g/mol. The number of pyridine rings is 1. The van der Waals surface area contributed by atoms with Crippen LogP contribution in [0.1, 0.15) is 11.1 Å². The molecule has 0 radical (unpaired) electrons. The first kappa shape index (κ1) is 10.8. The maximum Gasteiger partial charge on any atom is 0.0270 e. The van der Waals surface area contributed by atoms with Crippen molar-refractivity contribution >= 4 is 0 Å². The molecule has 0 unspecified atom stereocenters. The van der Waals surface area contributed by atoms with Gasteiger partial charge in [-0.2, -0.15) is 0 Å². The van der Waals surface area contributed by atoms with Crippen LogP contribution in [-0.2, 0) is 13.0 Å². The molecule has 82 valence electrons. The summed E-state index contributed by atoms with van der Waals surface area (Å²) in [5.41, 5.74) is 2.66.